The minimum Gasteiger partial charge on any atom is -0.407 e. The quantitative estimate of drug-likeness (QED) is 0.262. The van der Waals surface area contributed by atoms with Crippen molar-refractivity contribution in [2.24, 2.45) is 0 Å². The molecule has 0 radical (unpaired) electrons. The summed E-state index contributed by atoms with van der Waals surface area (Å²) in [6.07, 6.45) is 1.52. The van der Waals surface area contributed by atoms with Gasteiger partial charge in [0.25, 0.3) is 0 Å². The van der Waals surface area contributed by atoms with Gasteiger partial charge in [0, 0.05) is 18.8 Å². The van der Waals surface area contributed by atoms with Crippen molar-refractivity contribution < 1.29 is 13.9 Å². The molecular formula is C20H34O3Si. The molecule has 1 aromatic carbocycles. The summed E-state index contributed by atoms with van der Waals surface area (Å²) < 4.78 is 18.1. The molecule has 0 fully saturated rings. The first-order chi connectivity index (χ1) is 11.6. The van der Waals surface area contributed by atoms with Gasteiger partial charge in [0.2, 0.25) is 0 Å². The van der Waals surface area contributed by atoms with Crippen molar-refractivity contribution in [3.63, 3.8) is 0 Å². The van der Waals surface area contributed by atoms with Gasteiger partial charge in [0.1, 0.15) is 0 Å². The van der Waals surface area contributed by atoms with Crippen LogP contribution in [0.25, 0.3) is 0 Å². The largest absolute Gasteiger partial charge is 0.407 e. The van der Waals surface area contributed by atoms with Gasteiger partial charge in [-0.15, -0.1) is 6.58 Å². The second-order valence-corrected chi connectivity index (χ2v) is 10.7. The van der Waals surface area contributed by atoms with E-state index in [2.05, 4.69) is 39.5 Å². The minimum absolute atomic E-state index is 0.0691. The van der Waals surface area contributed by atoms with E-state index in [1.165, 1.54) is 0 Å². The number of hydrogen-bond donors (Lipinski definition) is 0. The number of hydrogen-bond acceptors (Lipinski definition) is 3. The van der Waals surface area contributed by atoms with E-state index < -0.39 is 8.32 Å². The van der Waals surface area contributed by atoms with Gasteiger partial charge in [-0.25, -0.2) is 0 Å². The average molecular weight is 351 g/mol. The molecule has 0 saturated carbocycles. The highest BCUT2D eigenvalue weighted by molar-refractivity contribution is 6.73. The molecule has 1 atom stereocenters. The van der Waals surface area contributed by atoms with Gasteiger partial charge in [-0.05, 0) is 43.6 Å². The summed E-state index contributed by atoms with van der Waals surface area (Å²) in [5, 5.41) is 0. The molecule has 0 aliphatic rings. The first kappa shape index (κ1) is 21.1. The van der Waals surface area contributed by atoms with Gasteiger partial charge in [0.15, 0.2) is 14.6 Å². The normalized spacial score (nSPS) is 13.2. The highest BCUT2D eigenvalue weighted by atomic mass is 28.4. The summed E-state index contributed by atoms with van der Waals surface area (Å²) >= 11 is 0. The summed E-state index contributed by atoms with van der Waals surface area (Å²) in [6, 6.07) is 11.7. The van der Waals surface area contributed by atoms with Crippen molar-refractivity contribution in [1.82, 2.24) is 0 Å². The molecule has 1 rings (SSSR count). The van der Waals surface area contributed by atoms with Crippen molar-refractivity contribution in [3.8, 4) is 0 Å². The number of rotatable bonds is 12. The molecular weight excluding hydrogens is 316 g/mol. The van der Waals surface area contributed by atoms with E-state index in [4.69, 9.17) is 13.9 Å². The van der Waals surface area contributed by atoms with Crippen LogP contribution in [0.5, 0.6) is 0 Å². The highest BCUT2D eigenvalue weighted by Gasteiger charge is 2.31. The molecule has 0 unspecified atom stereocenters. The van der Waals surface area contributed by atoms with Gasteiger partial charge in [-0.1, -0.05) is 45.0 Å². The SMILES string of the molecule is C=C[C@H](O[Si](CC)(CC)CC)c1cccc(C(OCC)OCC)c1. The average Bonchev–Trinajstić information content (AvgIpc) is 2.63. The Hall–Kier alpha value is -0.943. The summed E-state index contributed by atoms with van der Waals surface area (Å²) in [7, 11) is -1.69. The summed E-state index contributed by atoms with van der Waals surface area (Å²) in [5.41, 5.74) is 2.16. The van der Waals surface area contributed by atoms with Gasteiger partial charge in [-0.3, -0.25) is 0 Å². The Balaban J connectivity index is 3.05. The first-order valence-electron chi connectivity index (χ1n) is 9.23. The number of benzene rings is 1. The van der Waals surface area contributed by atoms with Crippen molar-refractivity contribution in [3.05, 3.63) is 48.0 Å². The van der Waals surface area contributed by atoms with Crippen LogP contribution in [0, 0.1) is 0 Å². The molecule has 4 heteroatoms. The maximum absolute atomic E-state index is 6.61. The van der Waals surface area contributed by atoms with E-state index >= 15 is 0 Å². The number of ether oxygens (including phenoxy) is 2. The Kier molecular flexibility index (Phi) is 9.52. The highest BCUT2D eigenvalue weighted by Crippen LogP contribution is 2.32. The van der Waals surface area contributed by atoms with Crippen LogP contribution in [0.2, 0.25) is 18.1 Å². The third kappa shape index (κ3) is 5.55. The molecule has 0 aromatic heterocycles. The molecule has 0 bridgehead atoms. The zero-order valence-electron chi connectivity index (χ0n) is 16.0. The molecule has 24 heavy (non-hydrogen) atoms. The Bertz CT molecular complexity index is 471. The zero-order valence-corrected chi connectivity index (χ0v) is 17.0. The lowest BCUT2D eigenvalue weighted by molar-refractivity contribution is -0.140. The van der Waals surface area contributed by atoms with Crippen LogP contribution in [0.3, 0.4) is 0 Å². The first-order valence-corrected chi connectivity index (χ1v) is 11.8. The van der Waals surface area contributed by atoms with Crippen LogP contribution in [0.15, 0.2) is 36.9 Å². The lowest BCUT2D eigenvalue weighted by Crippen LogP contribution is -2.36. The van der Waals surface area contributed by atoms with Crippen LogP contribution in [0.4, 0.5) is 0 Å². The van der Waals surface area contributed by atoms with Gasteiger partial charge in [-0.2, -0.15) is 0 Å². The van der Waals surface area contributed by atoms with E-state index in [0.29, 0.717) is 13.2 Å². The van der Waals surface area contributed by atoms with Gasteiger partial charge >= 0.3 is 0 Å². The standard InChI is InChI=1S/C20H34O3Si/c1-7-19(23-24(10-4,11-5)12-6)17-14-13-15-18(16-17)20(21-8-2)22-9-3/h7,13-16,19-20H,1,8-12H2,2-6H3/t19-/m0/s1. The van der Waals surface area contributed by atoms with E-state index in [9.17, 15) is 0 Å². The molecule has 3 nitrogen and oxygen atoms in total. The molecule has 0 amide bonds. The van der Waals surface area contributed by atoms with E-state index in [0.717, 1.165) is 29.3 Å². The fourth-order valence-corrected chi connectivity index (χ4v) is 5.72. The van der Waals surface area contributed by atoms with Crippen LogP contribution in [0.1, 0.15) is 58.1 Å². The van der Waals surface area contributed by atoms with Crippen LogP contribution < -0.4 is 0 Å². The topological polar surface area (TPSA) is 27.7 Å². The lowest BCUT2D eigenvalue weighted by atomic mass is 10.1. The maximum atomic E-state index is 6.61. The second-order valence-electron chi connectivity index (χ2n) is 5.93. The molecule has 0 saturated heterocycles. The predicted molar refractivity (Wildman–Crippen MR) is 104 cm³/mol. The van der Waals surface area contributed by atoms with Gasteiger partial charge in [0.05, 0.1) is 6.10 Å². The Morgan fingerprint density at radius 2 is 1.50 bits per heavy atom. The lowest BCUT2D eigenvalue weighted by Gasteiger charge is -2.32. The summed E-state index contributed by atoms with van der Waals surface area (Å²) in [6.45, 7) is 15.9. The summed E-state index contributed by atoms with van der Waals surface area (Å²) in [4.78, 5) is 0. The van der Waals surface area contributed by atoms with Crippen molar-refractivity contribution in [2.45, 2.75) is 65.1 Å². The van der Waals surface area contributed by atoms with Gasteiger partial charge < -0.3 is 13.9 Å². The van der Waals surface area contributed by atoms with Crippen LogP contribution in [-0.4, -0.2) is 21.5 Å². The Labute approximate surface area is 149 Å². The molecule has 0 heterocycles. The Morgan fingerprint density at radius 1 is 0.958 bits per heavy atom. The smallest absolute Gasteiger partial charge is 0.193 e. The minimum atomic E-state index is -1.69. The summed E-state index contributed by atoms with van der Waals surface area (Å²) in [5.74, 6) is 0. The fraction of sp³-hybridized carbons (Fsp3) is 0.600. The molecule has 0 aliphatic carbocycles. The third-order valence-corrected chi connectivity index (χ3v) is 9.29. The van der Waals surface area contributed by atoms with Crippen LogP contribution >= 0.6 is 0 Å². The van der Waals surface area contributed by atoms with Crippen molar-refractivity contribution in [2.75, 3.05) is 13.2 Å². The third-order valence-electron chi connectivity index (χ3n) is 4.67. The molecule has 0 aliphatic heterocycles. The predicted octanol–water partition coefficient (Wildman–Crippen LogP) is 6.01. The van der Waals surface area contributed by atoms with Crippen LogP contribution in [-0.2, 0) is 13.9 Å². The zero-order chi connectivity index (χ0) is 18.0. The Morgan fingerprint density at radius 3 is 1.96 bits per heavy atom. The molecule has 136 valence electrons. The van der Waals surface area contributed by atoms with E-state index in [1.807, 2.05) is 32.1 Å². The fourth-order valence-electron chi connectivity index (χ4n) is 2.95. The molecule has 1 aromatic rings. The van der Waals surface area contributed by atoms with Crippen molar-refractivity contribution in [1.29, 1.82) is 0 Å². The second kappa shape index (κ2) is 10.8. The molecule has 0 spiro atoms. The van der Waals surface area contributed by atoms with Crippen molar-refractivity contribution >= 4 is 8.32 Å². The monoisotopic (exact) mass is 350 g/mol. The molecule has 0 N–H and O–H groups in total. The van der Waals surface area contributed by atoms with E-state index in [1.54, 1.807) is 0 Å². The van der Waals surface area contributed by atoms with E-state index in [-0.39, 0.29) is 12.4 Å². The maximum Gasteiger partial charge on any atom is 0.193 e.